The van der Waals surface area contributed by atoms with Gasteiger partial charge in [-0.15, -0.1) is 0 Å². The summed E-state index contributed by atoms with van der Waals surface area (Å²) < 4.78 is 10.0. The Labute approximate surface area is 108 Å². The molecule has 18 heavy (non-hydrogen) atoms. The maximum absolute atomic E-state index is 11.7. The van der Waals surface area contributed by atoms with Crippen LogP contribution in [0.1, 0.15) is 31.9 Å². The normalized spacial score (nSPS) is 13.8. The van der Waals surface area contributed by atoms with Crippen LogP contribution in [0.3, 0.4) is 0 Å². The Morgan fingerprint density at radius 2 is 1.89 bits per heavy atom. The van der Waals surface area contributed by atoms with Crippen LogP contribution >= 0.6 is 0 Å². The van der Waals surface area contributed by atoms with Gasteiger partial charge in [0, 0.05) is 0 Å². The molecule has 0 fully saturated rings. The van der Waals surface area contributed by atoms with E-state index in [4.69, 9.17) is 9.47 Å². The van der Waals surface area contributed by atoms with Crippen LogP contribution in [0.15, 0.2) is 24.3 Å². The Hall–Kier alpha value is -1.55. The lowest BCUT2D eigenvalue weighted by molar-refractivity contribution is -0.152. The summed E-state index contributed by atoms with van der Waals surface area (Å²) in [5.41, 5.74) is 0.690. The highest BCUT2D eigenvalue weighted by Crippen LogP contribution is 2.27. The molecule has 2 atom stereocenters. The number of benzene rings is 1. The van der Waals surface area contributed by atoms with Gasteiger partial charge in [-0.1, -0.05) is 19.1 Å². The standard InChI is InChI=1S/C14H20O4/c1-4-12(14(16)18-5-2)13(15)10-6-8-11(17-3)9-7-10/h6-9,12-13,15H,4-5H2,1-3H3/t12-,13+/m0/s1. The van der Waals surface area contributed by atoms with Crippen molar-refractivity contribution < 1.29 is 19.4 Å². The van der Waals surface area contributed by atoms with Crippen LogP contribution in [0.4, 0.5) is 0 Å². The minimum Gasteiger partial charge on any atom is -0.497 e. The van der Waals surface area contributed by atoms with E-state index in [0.29, 0.717) is 18.6 Å². The molecule has 100 valence electrons. The van der Waals surface area contributed by atoms with Crippen molar-refractivity contribution in [3.8, 4) is 5.75 Å². The van der Waals surface area contributed by atoms with Crippen molar-refractivity contribution in [2.75, 3.05) is 13.7 Å². The number of aliphatic hydroxyl groups is 1. The van der Waals surface area contributed by atoms with Gasteiger partial charge in [0.15, 0.2) is 0 Å². The Bertz CT molecular complexity index is 372. The topological polar surface area (TPSA) is 55.8 Å². The summed E-state index contributed by atoms with van der Waals surface area (Å²) in [6, 6.07) is 7.03. The van der Waals surface area contributed by atoms with Crippen molar-refractivity contribution in [3.63, 3.8) is 0 Å². The summed E-state index contributed by atoms with van der Waals surface area (Å²) in [6.07, 6.45) is -0.314. The Kier molecular flexibility index (Phi) is 5.65. The largest absolute Gasteiger partial charge is 0.497 e. The maximum atomic E-state index is 11.7. The number of hydrogen-bond acceptors (Lipinski definition) is 4. The van der Waals surface area contributed by atoms with Gasteiger partial charge in [-0.3, -0.25) is 4.79 Å². The van der Waals surface area contributed by atoms with Gasteiger partial charge < -0.3 is 14.6 Å². The minimum absolute atomic E-state index is 0.324. The van der Waals surface area contributed by atoms with Crippen LogP contribution < -0.4 is 4.74 Å². The van der Waals surface area contributed by atoms with E-state index in [1.165, 1.54) is 0 Å². The molecule has 0 radical (unpaired) electrons. The maximum Gasteiger partial charge on any atom is 0.311 e. The molecule has 1 aromatic carbocycles. The van der Waals surface area contributed by atoms with Gasteiger partial charge in [-0.25, -0.2) is 0 Å². The molecule has 0 unspecified atom stereocenters. The lowest BCUT2D eigenvalue weighted by Crippen LogP contribution is -2.24. The first-order valence-electron chi connectivity index (χ1n) is 6.12. The van der Waals surface area contributed by atoms with Crippen molar-refractivity contribution in [1.82, 2.24) is 0 Å². The minimum atomic E-state index is -0.847. The molecule has 0 amide bonds. The van der Waals surface area contributed by atoms with Gasteiger partial charge >= 0.3 is 5.97 Å². The first kappa shape index (κ1) is 14.5. The van der Waals surface area contributed by atoms with E-state index in [2.05, 4.69) is 0 Å². The summed E-state index contributed by atoms with van der Waals surface area (Å²) in [5, 5.41) is 10.2. The number of esters is 1. The summed E-state index contributed by atoms with van der Waals surface area (Å²) in [7, 11) is 1.58. The summed E-state index contributed by atoms with van der Waals surface area (Å²) in [5.74, 6) is -0.170. The van der Waals surface area contributed by atoms with Crippen LogP contribution in [-0.2, 0) is 9.53 Å². The highest BCUT2D eigenvalue weighted by Gasteiger charge is 2.27. The van der Waals surface area contributed by atoms with E-state index in [-0.39, 0.29) is 5.97 Å². The van der Waals surface area contributed by atoms with Crippen LogP contribution in [0.2, 0.25) is 0 Å². The predicted octanol–water partition coefficient (Wildman–Crippen LogP) is 2.32. The van der Waals surface area contributed by atoms with E-state index in [1.807, 2.05) is 6.92 Å². The zero-order chi connectivity index (χ0) is 13.5. The van der Waals surface area contributed by atoms with Gasteiger partial charge in [0.2, 0.25) is 0 Å². The number of hydrogen-bond donors (Lipinski definition) is 1. The average Bonchev–Trinajstić information content (AvgIpc) is 2.40. The fourth-order valence-corrected chi connectivity index (χ4v) is 1.80. The zero-order valence-corrected chi connectivity index (χ0v) is 11.1. The first-order chi connectivity index (χ1) is 8.63. The number of methoxy groups -OCH3 is 1. The molecule has 0 spiro atoms. The van der Waals surface area contributed by atoms with Crippen LogP contribution in [-0.4, -0.2) is 24.8 Å². The molecule has 0 bridgehead atoms. The van der Waals surface area contributed by atoms with Gasteiger partial charge in [0.1, 0.15) is 5.75 Å². The molecule has 1 rings (SSSR count). The molecule has 0 aliphatic rings. The molecule has 0 saturated heterocycles. The third kappa shape index (κ3) is 3.47. The third-order valence-electron chi connectivity index (χ3n) is 2.87. The molecular formula is C14H20O4. The van der Waals surface area contributed by atoms with Crippen LogP contribution in [0.5, 0.6) is 5.75 Å². The molecule has 0 saturated carbocycles. The van der Waals surface area contributed by atoms with Crippen molar-refractivity contribution >= 4 is 5.97 Å². The lowest BCUT2D eigenvalue weighted by Gasteiger charge is -2.20. The van der Waals surface area contributed by atoms with Crippen LogP contribution in [0, 0.1) is 5.92 Å². The lowest BCUT2D eigenvalue weighted by atomic mass is 9.93. The van der Waals surface area contributed by atoms with E-state index in [1.54, 1.807) is 38.3 Å². The molecule has 0 heterocycles. The predicted molar refractivity (Wildman–Crippen MR) is 68.4 cm³/mol. The van der Waals surface area contributed by atoms with Crippen molar-refractivity contribution in [2.45, 2.75) is 26.4 Å². The molecular weight excluding hydrogens is 232 g/mol. The van der Waals surface area contributed by atoms with E-state index >= 15 is 0 Å². The number of carbonyl (C=O) groups is 1. The fourth-order valence-electron chi connectivity index (χ4n) is 1.80. The molecule has 0 aromatic heterocycles. The SMILES string of the molecule is CCOC(=O)[C@@H](CC)[C@H](O)c1ccc(OC)cc1. The second kappa shape index (κ2) is 7.01. The molecule has 4 heteroatoms. The highest BCUT2D eigenvalue weighted by atomic mass is 16.5. The average molecular weight is 252 g/mol. The first-order valence-corrected chi connectivity index (χ1v) is 6.12. The van der Waals surface area contributed by atoms with Gasteiger partial charge in [-0.05, 0) is 31.0 Å². The van der Waals surface area contributed by atoms with Gasteiger partial charge in [-0.2, -0.15) is 0 Å². The number of aliphatic hydroxyl groups excluding tert-OH is 1. The van der Waals surface area contributed by atoms with Crippen molar-refractivity contribution in [2.24, 2.45) is 5.92 Å². The van der Waals surface area contributed by atoms with Gasteiger partial charge in [0.05, 0.1) is 25.7 Å². The molecule has 4 nitrogen and oxygen atoms in total. The third-order valence-corrected chi connectivity index (χ3v) is 2.87. The quantitative estimate of drug-likeness (QED) is 0.789. The van der Waals surface area contributed by atoms with E-state index in [0.717, 1.165) is 5.75 Å². The molecule has 1 aromatic rings. The second-order valence-electron chi connectivity index (χ2n) is 3.98. The monoisotopic (exact) mass is 252 g/mol. The molecule has 1 N–H and O–H groups in total. The Balaban J connectivity index is 2.81. The number of rotatable bonds is 6. The summed E-state index contributed by atoms with van der Waals surface area (Å²) >= 11 is 0. The van der Waals surface area contributed by atoms with Gasteiger partial charge in [0.25, 0.3) is 0 Å². The highest BCUT2D eigenvalue weighted by molar-refractivity contribution is 5.73. The Morgan fingerprint density at radius 3 is 2.33 bits per heavy atom. The smallest absolute Gasteiger partial charge is 0.311 e. The van der Waals surface area contributed by atoms with Crippen LogP contribution in [0.25, 0.3) is 0 Å². The molecule has 0 aliphatic carbocycles. The molecule has 0 aliphatic heterocycles. The van der Waals surface area contributed by atoms with Crippen molar-refractivity contribution in [3.05, 3.63) is 29.8 Å². The van der Waals surface area contributed by atoms with E-state index < -0.39 is 12.0 Å². The number of ether oxygens (including phenoxy) is 2. The summed E-state index contributed by atoms with van der Waals surface area (Å²) in [6.45, 7) is 3.93. The second-order valence-corrected chi connectivity index (χ2v) is 3.98. The number of carbonyl (C=O) groups excluding carboxylic acids is 1. The fraction of sp³-hybridized carbons (Fsp3) is 0.500. The Morgan fingerprint density at radius 1 is 1.28 bits per heavy atom. The summed E-state index contributed by atoms with van der Waals surface area (Å²) in [4.78, 5) is 11.7. The zero-order valence-electron chi connectivity index (χ0n) is 11.1. The van der Waals surface area contributed by atoms with E-state index in [9.17, 15) is 9.90 Å². The van der Waals surface area contributed by atoms with Crippen molar-refractivity contribution in [1.29, 1.82) is 0 Å².